The number of likely N-dealkylation sites (tertiary alicyclic amines) is 1. The van der Waals surface area contributed by atoms with E-state index in [9.17, 15) is 9.90 Å². The lowest BCUT2D eigenvalue weighted by Gasteiger charge is -2.48. The molecule has 1 unspecified atom stereocenters. The molecule has 0 radical (unpaired) electrons. The second kappa shape index (κ2) is 10.5. The first kappa shape index (κ1) is 22.2. The molecule has 0 saturated carbocycles. The van der Waals surface area contributed by atoms with Crippen LogP contribution in [0.3, 0.4) is 0 Å². The number of carbonyl (C=O) groups is 1. The average molecular weight is 404 g/mol. The number of aliphatic hydroxyl groups excluding tert-OH is 1. The molecule has 1 aromatic carbocycles. The zero-order valence-electron chi connectivity index (χ0n) is 18.2. The van der Waals surface area contributed by atoms with Gasteiger partial charge in [-0.3, -0.25) is 9.80 Å². The van der Waals surface area contributed by atoms with Gasteiger partial charge in [-0.2, -0.15) is 0 Å². The lowest BCUT2D eigenvalue weighted by Crippen LogP contribution is -2.58. The molecule has 0 aromatic heterocycles. The van der Waals surface area contributed by atoms with E-state index >= 15 is 0 Å². The van der Waals surface area contributed by atoms with Crippen LogP contribution in [-0.4, -0.2) is 90.3 Å². The van der Waals surface area contributed by atoms with Crippen molar-refractivity contribution in [3.05, 3.63) is 35.4 Å². The predicted octanol–water partition coefficient (Wildman–Crippen LogP) is 2.21. The summed E-state index contributed by atoms with van der Waals surface area (Å²) in [5.74, 6) is -0.295. The third-order valence-electron chi connectivity index (χ3n) is 6.55. The van der Waals surface area contributed by atoms with Crippen LogP contribution in [0.2, 0.25) is 0 Å². The summed E-state index contributed by atoms with van der Waals surface area (Å²) in [6, 6.07) is 9.40. The highest BCUT2D eigenvalue weighted by atomic mass is 16.5. The van der Waals surface area contributed by atoms with E-state index in [1.54, 1.807) is 0 Å². The number of hydrogen-bond acceptors (Lipinski definition) is 6. The Hall–Kier alpha value is -1.47. The Balaban J connectivity index is 1.56. The van der Waals surface area contributed by atoms with Crippen LogP contribution in [-0.2, 0) is 11.3 Å². The van der Waals surface area contributed by atoms with Crippen LogP contribution in [0.25, 0.3) is 0 Å². The molecule has 2 saturated heterocycles. The maximum atomic E-state index is 11.6. The number of esters is 1. The van der Waals surface area contributed by atoms with Gasteiger partial charge in [0.05, 0.1) is 12.7 Å². The Morgan fingerprint density at radius 2 is 1.83 bits per heavy atom. The van der Waals surface area contributed by atoms with Gasteiger partial charge in [0.15, 0.2) is 0 Å². The molecule has 0 bridgehead atoms. The average Bonchev–Trinajstić information content (AvgIpc) is 2.74. The van der Waals surface area contributed by atoms with Crippen molar-refractivity contribution < 1.29 is 14.6 Å². The Kier molecular flexibility index (Phi) is 8.07. The number of benzene rings is 1. The summed E-state index contributed by atoms with van der Waals surface area (Å²) in [6.45, 7) is 11.2. The molecule has 6 nitrogen and oxygen atoms in total. The van der Waals surface area contributed by atoms with E-state index in [0.717, 1.165) is 32.6 Å². The van der Waals surface area contributed by atoms with Gasteiger partial charge < -0.3 is 14.7 Å². The first-order valence-corrected chi connectivity index (χ1v) is 11.0. The van der Waals surface area contributed by atoms with Gasteiger partial charge in [0, 0.05) is 50.9 Å². The highest BCUT2D eigenvalue weighted by Gasteiger charge is 2.33. The fourth-order valence-corrected chi connectivity index (χ4v) is 4.82. The molecule has 0 aliphatic carbocycles. The number of aliphatic hydroxyl groups is 1. The summed E-state index contributed by atoms with van der Waals surface area (Å²) in [5.41, 5.74) is 1.80. The molecule has 2 aliphatic heterocycles. The van der Waals surface area contributed by atoms with Crippen LogP contribution in [0.1, 0.15) is 49.0 Å². The Morgan fingerprint density at radius 3 is 2.41 bits per heavy atom. The topological polar surface area (TPSA) is 56.2 Å². The Bertz CT molecular complexity index is 641. The molecule has 0 amide bonds. The second-order valence-corrected chi connectivity index (χ2v) is 8.69. The molecule has 1 aromatic rings. The van der Waals surface area contributed by atoms with Crippen molar-refractivity contribution in [3.63, 3.8) is 0 Å². The monoisotopic (exact) mass is 403 g/mol. The van der Waals surface area contributed by atoms with E-state index in [1.807, 2.05) is 24.3 Å². The highest BCUT2D eigenvalue weighted by molar-refractivity contribution is 5.89. The largest absolute Gasteiger partial charge is 0.465 e. The summed E-state index contributed by atoms with van der Waals surface area (Å²) in [6.07, 6.45) is 3.30. The van der Waals surface area contributed by atoms with E-state index in [0.29, 0.717) is 23.7 Å². The highest BCUT2D eigenvalue weighted by Crippen LogP contribution is 2.25. The third-order valence-corrected chi connectivity index (χ3v) is 6.55. The van der Waals surface area contributed by atoms with E-state index in [4.69, 9.17) is 4.74 Å². The minimum Gasteiger partial charge on any atom is -0.465 e. The van der Waals surface area contributed by atoms with Gasteiger partial charge in [0.25, 0.3) is 0 Å². The molecule has 0 spiro atoms. The number of rotatable bonds is 7. The number of ether oxygens (including phenoxy) is 1. The molecule has 2 aliphatic rings. The molecular formula is C23H37N3O3. The maximum Gasteiger partial charge on any atom is 0.337 e. The zero-order valence-corrected chi connectivity index (χ0v) is 18.2. The van der Waals surface area contributed by atoms with Gasteiger partial charge in [0.2, 0.25) is 0 Å². The lowest BCUT2D eigenvalue weighted by atomic mass is 9.97. The van der Waals surface area contributed by atoms with Crippen LogP contribution in [0.5, 0.6) is 0 Å². The van der Waals surface area contributed by atoms with Crippen molar-refractivity contribution in [1.29, 1.82) is 0 Å². The van der Waals surface area contributed by atoms with Crippen molar-refractivity contribution in [1.82, 2.24) is 14.7 Å². The predicted molar refractivity (Wildman–Crippen MR) is 115 cm³/mol. The number of methoxy groups -OCH3 is 1. The molecule has 3 rings (SSSR count). The lowest BCUT2D eigenvalue weighted by molar-refractivity contribution is -0.0000292. The van der Waals surface area contributed by atoms with Crippen molar-refractivity contribution >= 4 is 5.97 Å². The number of hydrogen-bond donors (Lipinski definition) is 1. The third kappa shape index (κ3) is 5.79. The fraction of sp³-hybridized carbons (Fsp3) is 0.696. The quantitative estimate of drug-likeness (QED) is 0.705. The number of carbonyl (C=O) groups excluding carboxylic acids is 1. The van der Waals surface area contributed by atoms with E-state index < -0.39 is 0 Å². The maximum absolute atomic E-state index is 11.6. The standard InChI is InChI=1S/C23H37N3O3/c1-18(2)25-11-8-21(9-12-25)26-14-13-24(17-22(26)10-15-27)16-19-4-6-20(7-5-19)23(28)29-3/h4-7,18,21-22,27H,8-17H2,1-3H3. The van der Waals surface area contributed by atoms with E-state index in [-0.39, 0.29) is 12.6 Å². The van der Waals surface area contributed by atoms with Gasteiger partial charge >= 0.3 is 5.97 Å². The molecule has 29 heavy (non-hydrogen) atoms. The van der Waals surface area contributed by atoms with Crippen LogP contribution >= 0.6 is 0 Å². The summed E-state index contributed by atoms with van der Waals surface area (Å²) >= 11 is 0. The second-order valence-electron chi connectivity index (χ2n) is 8.69. The van der Waals surface area contributed by atoms with Gasteiger partial charge in [-0.1, -0.05) is 12.1 Å². The smallest absolute Gasteiger partial charge is 0.337 e. The first-order valence-electron chi connectivity index (χ1n) is 11.0. The Labute approximate surface area is 175 Å². The van der Waals surface area contributed by atoms with Gasteiger partial charge in [-0.05, 0) is 63.9 Å². The molecule has 1 N–H and O–H groups in total. The SMILES string of the molecule is COC(=O)c1ccc(CN2CCN(C3CCN(C(C)C)CC3)C(CCO)C2)cc1. The zero-order chi connectivity index (χ0) is 20.8. The number of piperazine rings is 1. The molecule has 1 atom stereocenters. The fourth-order valence-electron chi connectivity index (χ4n) is 4.82. The summed E-state index contributed by atoms with van der Waals surface area (Å²) < 4.78 is 4.77. The van der Waals surface area contributed by atoms with E-state index in [2.05, 4.69) is 28.5 Å². The van der Waals surface area contributed by atoms with Gasteiger partial charge in [0.1, 0.15) is 0 Å². The van der Waals surface area contributed by atoms with E-state index in [1.165, 1.54) is 38.6 Å². The number of piperidine rings is 1. The summed E-state index contributed by atoms with van der Waals surface area (Å²) in [5, 5.41) is 9.63. The molecule has 6 heteroatoms. The van der Waals surface area contributed by atoms with Crippen molar-refractivity contribution in [2.24, 2.45) is 0 Å². The minimum absolute atomic E-state index is 0.244. The normalized spacial score (nSPS) is 22.9. The Morgan fingerprint density at radius 1 is 1.14 bits per heavy atom. The van der Waals surface area contributed by atoms with Crippen LogP contribution < -0.4 is 0 Å². The van der Waals surface area contributed by atoms with Crippen molar-refractivity contribution in [3.8, 4) is 0 Å². The number of nitrogens with zero attached hydrogens (tertiary/aromatic N) is 3. The van der Waals surface area contributed by atoms with Gasteiger partial charge in [-0.25, -0.2) is 4.79 Å². The molecule has 2 heterocycles. The van der Waals surface area contributed by atoms with Crippen molar-refractivity contribution in [2.75, 3.05) is 46.4 Å². The molecule has 2 fully saturated rings. The molecule has 162 valence electrons. The minimum atomic E-state index is -0.295. The van der Waals surface area contributed by atoms with Crippen LogP contribution in [0.4, 0.5) is 0 Å². The van der Waals surface area contributed by atoms with Crippen LogP contribution in [0.15, 0.2) is 24.3 Å². The summed E-state index contributed by atoms with van der Waals surface area (Å²) in [7, 11) is 1.41. The summed E-state index contributed by atoms with van der Waals surface area (Å²) in [4.78, 5) is 19.3. The first-order chi connectivity index (χ1) is 14.0. The van der Waals surface area contributed by atoms with Gasteiger partial charge in [-0.15, -0.1) is 0 Å². The van der Waals surface area contributed by atoms with Crippen molar-refractivity contribution in [2.45, 2.75) is 57.8 Å². The van der Waals surface area contributed by atoms with Crippen LogP contribution in [0, 0.1) is 0 Å². The molecular weight excluding hydrogens is 366 g/mol.